The normalized spacial score (nSPS) is 16.3. The molecule has 24 heavy (non-hydrogen) atoms. The predicted octanol–water partition coefficient (Wildman–Crippen LogP) is 4.95. The Labute approximate surface area is 149 Å². The molecule has 2 heterocycles. The molecule has 0 unspecified atom stereocenters. The van der Waals surface area contributed by atoms with Gasteiger partial charge in [0.15, 0.2) is 0 Å². The van der Waals surface area contributed by atoms with Crippen molar-refractivity contribution in [2.24, 2.45) is 0 Å². The van der Waals surface area contributed by atoms with Gasteiger partial charge in [-0.3, -0.25) is 0 Å². The fourth-order valence-corrected chi connectivity index (χ4v) is 3.46. The number of fused-ring (bicyclic) bond motifs is 1. The van der Waals surface area contributed by atoms with Gasteiger partial charge < -0.3 is 5.32 Å². The summed E-state index contributed by atoms with van der Waals surface area (Å²) in [6.45, 7) is 2.06. The Morgan fingerprint density at radius 2 is 1.75 bits per heavy atom. The summed E-state index contributed by atoms with van der Waals surface area (Å²) in [5, 5.41) is 8.85. The van der Waals surface area contributed by atoms with Crippen LogP contribution in [0.1, 0.15) is 22.7 Å². The maximum Gasteiger partial charge on any atom is 0.226 e. The van der Waals surface area contributed by atoms with E-state index in [4.69, 9.17) is 23.2 Å². The highest BCUT2D eigenvalue weighted by Crippen LogP contribution is 2.38. The average molecular weight is 357 g/mol. The van der Waals surface area contributed by atoms with Crippen LogP contribution in [0.2, 0.25) is 10.0 Å². The molecule has 3 aromatic rings. The molecule has 0 bridgehead atoms. The van der Waals surface area contributed by atoms with Crippen LogP contribution >= 0.6 is 23.2 Å². The lowest BCUT2D eigenvalue weighted by molar-refractivity contribution is 0.612. The van der Waals surface area contributed by atoms with Gasteiger partial charge in [-0.15, -0.1) is 0 Å². The zero-order valence-corrected chi connectivity index (χ0v) is 14.4. The van der Waals surface area contributed by atoms with E-state index in [9.17, 15) is 0 Å². The molecular formula is C18H14Cl2N4. The topological polar surface area (TPSA) is 42.7 Å². The molecular weight excluding hydrogens is 343 g/mol. The van der Waals surface area contributed by atoms with E-state index in [0.29, 0.717) is 16.0 Å². The molecule has 4 nitrogen and oxygen atoms in total. The van der Waals surface area contributed by atoms with Gasteiger partial charge in [-0.25, -0.2) is 4.68 Å². The smallest absolute Gasteiger partial charge is 0.226 e. The molecule has 0 amide bonds. The Bertz CT molecular complexity index is 908. The van der Waals surface area contributed by atoms with Crippen molar-refractivity contribution < 1.29 is 0 Å². The minimum Gasteiger partial charge on any atom is -0.324 e. The van der Waals surface area contributed by atoms with Crippen LogP contribution in [0.4, 0.5) is 5.95 Å². The zero-order chi connectivity index (χ0) is 16.7. The lowest BCUT2D eigenvalue weighted by atomic mass is 10.0. The SMILES string of the molecule is Cc1ccc(C2=C[C@H](c3c(Cl)cccc3Cl)n3ncnc3N2)cc1. The minimum absolute atomic E-state index is 0.221. The number of nitrogens with zero attached hydrogens (tertiary/aromatic N) is 3. The number of hydrogen-bond donors (Lipinski definition) is 1. The lowest BCUT2D eigenvalue weighted by Crippen LogP contribution is -2.20. The van der Waals surface area contributed by atoms with Crippen LogP contribution in [0.15, 0.2) is 54.9 Å². The van der Waals surface area contributed by atoms with Gasteiger partial charge in [-0.05, 0) is 30.7 Å². The van der Waals surface area contributed by atoms with Gasteiger partial charge in [0.05, 0.1) is 0 Å². The number of anilines is 1. The van der Waals surface area contributed by atoms with Crippen LogP contribution in [0.5, 0.6) is 0 Å². The van der Waals surface area contributed by atoms with Gasteiger partial charge in [0.2, 0.25) is 5.95 Å². The molecule has 0 spiro atoms. The number of aryl methyl sites for hydroxylation is 1. The third kappa shape index (κ3) is 2.58. The van der Waals surface area contributed by atoms with Crippen molar-refractivity contribution in [3.63, 3.8) is 0 Å². The molecule has 0 radical (unpaired) electrons. The number of rotatable bonds is 2. The highest BCUT2D eigenvalue weighted by molar-refractivity contribution is 6.36. The molecule has 1 aliphatic heterocycles. The molecule has 0 aliphatic carbocycles. The van der Waals surface area contributed by atoms with E-state index in [2.05, 4.69) is 52.7 Å². The van der Waals surface area contributed by atoms with Gasteiger partial charge in [-0.1, -0.05) is 59.1 Å². The second-order valence-electron chi connectivity index (χ2n) is 5.68. The summed E-state index contributed by atoms with van der Waals surface area (Å²) in [4.78, 5) is 4.30. The maximum absolute atomic E-state index is 6.42. The van der Waals surface area contributed by atoms with E-state index in [1.165, 1.54) is 11.9 Å². The van der Waals surface area contributed by atoms with Crippen LogP contribution in [-0.2, 0) is 0 Å². The quantitative estimate of drug-likeness (QED) is 0.706. The summed E-state index contributed by atoms with van der Waals surface area (Å²) in [6, 6.07) is 13.6. The van der Waals surface area contributed by atoms with E-state index in [0.717, 1.165) is 16.8 Å². The molecule has 1 aromatic heterocycles. The van der Waals surface area contributed by atoms with Crippen LogP contribution in [0.3, 0.4) is 0 Å². The molecule has 1 atom stereocenters. The first-order valence-corrected chi connectivity index (χ1v) is 8.28. The molecule has 6 heteroatoms. The number of allylic oxidation sites excluding steroid dienone is 1. The number of hydrogen-bond acceptors (Lipinski definition) is 3. The van der Waals surface area contributed by atoms with Crippen molar-refractivity contribution in [3.05, 3.63) is 81.6 Å². The first-order chi connectivity index (χ1) is 11.6. The molecule has 4 rings (SSSR count). The minimum atomic E-state index is -0.221. The Morgan fingerprint density at radius 1 is 1.04 bits per heavy atom. The Hall–Kier alpha value is -2.30. The average Bonchev–Trinajstić information content (AvgIpc) is 3.04. The summed E-state index contributed by atoms with van der Waals surface area (Å²) in [5.74, 6) is 0.661. The van der Waals surface area contributed by atoms with Crippen LogP contribution < -0.4 is 5.32 Å². The first-order valence-electron chi connectivity index (χ1n) is 7.53. The molecule has 120 valence electrons. The Balaban J connectivity index is 1.87. The molecule has 0 saturated carbocycles. The van der Waals surface area contributed by atoms with Crippen molar-refractivity contribution in [1.29, 1.82) is 0 Å². The van der Waals surface area contributed by atoms with Crippen LogP contribution in [0.25, 0.3) is 5.70 Å². The Morgan fingerprint density at radius 3 is 2.46 bits per heavy atom. The third-order valence-corrected chi connectivity index (χ3v) is 4.72. The maximum atomic E-state index is 6.42. The van der Waals surface area contributed by atoms with Crippen molar-refractivity contribution in [2.45, 2.75) is 13.0 Å². The lowest BCUT2D eigenvalue weighted by Gasteiger charge is -2.25. The Kier molecular flexibility index (Phi) is 3.79. The van der Waals surface area contributed by atoms with Crippen molar-refractivity contribution >= 4 is 34.8 Å². The largest absolute Gasteiger partial charge is 0.324 e. The van der Waals surface area contributed by atoms with Gasteiger partial charge in [0.25, 0.3) is 0 Å². The van der Waals surface area contributed by atoms with Gasteiger partial charge in [0.1, 0.15) is 12.4 Å². The fourth-order valence-electron chi connectivity index (χ4n) is 2.83. The molecule has 0 fully saturated rings. The van der Waals surface area contributed by atoms with Gasteiger partial charge >= 0.3 is 0 Å². The second-order valence-corrected chi connectivity index (χ2v) is 6.49. The van der Waals surface area contributed by atoms with E-state index in [1.807, 2.05) is 18.2 Å². The van der Waals surface area contributed by atoms with E-state index in [-0.39, 0.29) is 6.04 Å². The summed E-state index contributed by atoms with van der Waals surface area (Å²) >= 11 is 12.8. The number of aromatic nitrogens is 3. The molecule has 0 saturated heterocycles. The van der Waals surface area contributed by atoms with Gasteiger partial charge in [-0.2, -0.15) is 10.1 Å². The van der Waals surface area contributed by atoms with Crippen molar-refractivity contribution in [3.8, 4) is 0 Å². The first kappa shape index (κ1) is 15.2. The van der Waals surface area contributed by atoms with Crippen molar-refractivity contribution in [1.82, 2.24) is 14.8 Å². The van der Waals surface area contributed by atoms with E-state index < -0.39 is 0 Å². The third-order valence-electron chi connectivity index (χ3n) is 4.07. The molecule has 1 N–H and O–H groups in total. The highest BCUT2D eigenvalue weighted by Gasteiger charge is 2.26. The van der Waals surface area contributed by atoms with Gasteiger partial charge in [0, 0.05) is 21.3 Å². The summed E-state index contributed by atoms with van der Waals surface area (Å²) in [5.41, 5.74) is 4.06. The zero-order valence-electron chi connectivity index (χ0n) is 12.9. The van der Waals surface area contributed by atoms with Crippen LogP contribution in [0, 0.1) is 6.92 Å². The van der Waals surface area contributed by atoms with Crippen molar-refractivity contribution in [2.75, 3.05) is 5.32 Å². The molecule has 2 aromatic carbocycles. The van der Waals surface area contributed by atoms with Crippen LogP contribution in [-0.4, -0.2) is 14.8 Å². The molecule has 1 aliphatic rings. The predicted molar refractivity (Wildman–Crippen MR) is 97.4 cm³/mol. The standard InChI is InChI=1S/C18H14Cl2N4/c1-11-5-7-12(8-6-11)15-9-16(24-18(23-15)21-10-22-24)17-13(19)3-2-4-14(17)20/h2-10,16H,1H3,(H,21,22,23)/t16-/m1/s1. The summed E-state index contributed by atoms with van der Waals surface area (Å²) in [6.07, 6.45) is 3.59. The number of halogens is 2. The van der Waals surface area contributed by atoms with E-state index in [1.54, 1.807) is 4.68 Å². The van der Waals surface area contributed by atoms with E-state index >= 15 is 0 Å². The fraction of sp³-hybridized carbons (Fsp3) is 0.111. The monoisotopic (exact) mass is 356 g/mol. The summed E-state index contributed by atoms with van der Waals surface area (Å²) in [7, 11) is 0. The number of nitrogens with one attached hydrogen (secondary N) is 1. The second kappa shape index (κ2) is 5.96. The highest BCUT2D eigenvalue weighted by atomic mass is 35.5. The number of benzene rings is 2. The summed E-state index contributed by atoms with van der Waals surface area (Å²) < 4.78 is 1.78.